The van der Waals surface area contributed by atoms with Crippen molar-refractivity contribution in [2.75, 3.05) is 10.7 Å². The number of hydrogen-bond donors (Lipinski definition) is 3. The molecule has 1 unspecified atom stereocenters. The highest BCUT2D eigenvalue weighted by Crippen LogP contribution is 2.43. The number of nitrogens with zero attached hydrogens (tertiary/aromatic N) is 5. The maximum Gasteiger partial charge on any atom is 0.408 e. The molecule has 15 heteroatoms. The number of anilines is 1. The van der Waals surface area contributed by atoms with Crippen molar-refractivity contribution >= 4 is 35.4 Å². The van der Waals surface area contributed by atoms with E-state index in [2.05, 4.69) is 20.8 Å². The average molecular weight is 737 g/mol. The van der Waals surface area contributed by atoms with E-state index in [4.69, 9.17) is 14.2 Å². The molecular weight excluding hydrogens is 701 g/mol. The van der Waals surface area contributed by atoms with Crippen LogP contribution >= 0.6 is 11.8 Å². The van der Waals surface area contributed by atoms with Gasteiger partial charge in [-0.05, 0) is 63.5 Å². The molecule has 0 saturated carbocycles. The Bertz CT molecular complexity index is 2060. The third-order valence-electron chi connectivity index (χ3n) is 9.09. The van der Waals surface area contributed by atoms with E-state index in [-0.39, 0.29) is 37.4 Å². The second-order valence-corrected chi connectivity index (χ2v) is 13.6. The zero-order valence-corrected chi connectivity index (χ0v) is 29.3. The number of aliphatic hydroxyl groups excluding tert-OH is 1. The van der Waals surface area contributed by atoms with Crippen LogP contribution in [0.25, 0.3) is 5.69 Å². The van der Waals surface area contributed by atoms with Gasteiger partial charge < -0.3 is 29.7 Å². The first-order valence-electron chi connectivity index (χ1n) is 16.9. The van der Waals surface area contributed by atoms with Crippen molar-refractivity contribution in [1.29, 1.82) is 0 Å². The fourth-order valence-electron chi connectivity index (χ4n) is 6.22. The van der Waals surface area contributed by atoms with Gasteiger partial charge in [0.25, 0.3) is 5.91 Å². The Morgan fingerprint density at radius 2 is 1.70 bits per heavy atom. The van der Waals surface area contributed by atoms with E-state index in [1.54, 1.807) is 53.2 Å². The lowest BCUT2D eigenvalue weighted by molar-refractivity contribution is -0.268. The Morgan fingerprint density at radius 3 is 2.45 bits per heavy atom. The van der Waals surface area contributed by atoms with Crippen molar-refractivity contribution in [2.24, 2.45) is 5.92 Å². The summed E-state index contributed by atoms with van der Waals surface area (Å²) in [6.45, 7) is 1.97. The summed E-state index contributed by atoms with van der Waals surface area (Å²) < 4.78 is 20.0. The standard InChI is InChI=1S/C38H36N6O8S/c1-23-32(22-53-37-40-41-42-44(37)28-14-16-30(46)17-15-28)51-36(52-34(23)26-12-10-24(20-45)11-13-26)27-8-5-9-29(18-27)43-33(47)19-31(35(43)48)39-38(49)50-21-25-6-3-2-4-7-25/h2-18,23,31-32,34,36,45-46H,19-22H2,1H3,(H,39,49)/t23-,31?,32+,34+,36+/m0/s1. The van der Waals surface area contributed by atoms with E-state index in [9.17, 15) is 24.6 Å². The van der Waals surface area contributed by atoms with Gasteiger partial charge in [-0.3, -0.25) is 9.59 Å². The van der Waals surface area contributed by atoms with Crippen LogP contribution in [0.5, 0.6) is 5.75 Å². The van der Waals surface area contributed by atoms with Crippen LogP contribution in [0.4, 0.5) is 10.5 Å². The number of tetrazole rings is 1. The van der Waals surface area contributed by atoms with Crippen molar-refractivity contribution in [3.05, 3.63) is 125 Å². The maximum absolute atomic E-state index is 13.5. The number of benzene rings is 4. The second-order valence-electron chi connectivity index (χ2n) is 12.6. The van der Waals surface area contributed by atoms with Crippen LogP contribution in [0.15, 0.2) is 108 Å². The third-order valence-corrected chi connectivity index (χ3v) is 10.1. The lowest BCUT2D eigenvalue weighted by Gasteiger charge is -2.41. The molecule has 272 valence electrons. The molecule has 7 rings (SSSR count). The molecule has 2 aliphatic rings. The molecule has 3 N–H and O–H groups in total. The number of nitrogens with one attached hydrogen (secondary N) is 1. The summed E-state index contributed by atoms with van der Waals surface area (Å²) in [5.74, 6) is -0.619. The lowest BCUT2D eigenvalue weighted by atomic mass is 9.91. The van der Waals surface area contributed by atoms with E-state index >= 15 is 0 Å². The molecule has 53 heavy (non-hydrogen) atoms. The topological polar surface area (TPSA) is 178 Å². The van der Waals surface area contributed by atoms with E-state index in [1.165, 1.54) is 11.8 Å². The number of amides is 3. The van der Waals surface area contributed by atoms with Gasteiger partial charge in [0.15, 0.2) is 6.29 Å². The van der Waals surface area contributed by atoms with Crippen molar-refractivity contribution in [2.45, 2.75) is 56.3 Å². The number of rotatable bonds is 11. The van der Waals surface area contributed by atoms with Crippen LogP contribution < -0.4 is 10.2 Å². The molecule has 0 radical (unpaired) electrons. The molecule has 0 spiro atoms. The summed E-state index contributed by atoms with van der Waals surface area (Å²) in [4.78, 5) is 40.2. The number of carbonyl (C=O) groups is 3. The summed E-state index contributed by atoms with van der Waals surface area (Å²) in [6.07, 6.45) is -2.70. The molecular formula is C38H36N6O8S. The highest BCUT2D eigenvalue weighted by atomic mass is 32.2. The number of imide groups is 1. The molecule has 3 heterocycles. The molecule has 2 fully saturated rings. The smallest absolute Gasteiger partial charge is 0.408 e. The quantitative estimate of drug-likeness (QED) is 0.122. The Kier molecular flexibility index (Phi) is 10.8. The van der Waals surface area contributed by atoms with Crippen LogP contribution in [0.2, 0.25) is 0 Å². The number of ether oxygens (including phenoxy) is 3. The summed E-state index contributed by atoms with van der Waals surface area (Å²) in [6, 6.07) is 28.9. The summed E-state index contributed by atoms with van der Waals surface area (Å²) >= 11 is 1.40. The predicted molar refractivity (Wildman–Crippen MR) is 192 cm³/mol. The van der Waals surface area contributed by atoms with E-state index in [0.717, 1.165) is 21.6 Å². The molecule has 0 aliphatic carbocycles. The molecule has 2 saturated heterocycles. The van der Waals surface area contributed by atoms with Crippen molar-refractivity contribution < 1.29 is 38.8 Å². The van der Waals surface area contributed by atoms with Gasteiger partial charge in [0.05, 0.1) is 36.6 Å². The molecule has 0 bridgehead atoms. The third kappa shape index (κ3) is 8.08. The highest BCUT2D eigenvalue weighted by Gasteiger charge is 2.42. The number of thioether (sulfide) groups is 1. The summed E-state index contributed by atoms with van der Waals surface area (Å²) in [5.41, 5.74) is 4.02. The number of aliphatic hydroxyl groups is 1. The number of hydrogen-bond acceptors (Lipinski definition) is 12. The Balaban J connectivity index is 1.09. The highest BCUT2D eigenvalue weighted by molar-refractivity contribution is 7.99. The summed E-state index contributed by atoms with van der Waals surface area (Å²) in [5, 5.41) is 34.6. The first-order valence-corrected chi connectivity index (χ1v) is 17.9. The van der Waals surface area contributed by atoms with Crippen molar-refractivity contribution in [3.8, 4) is 11.4 Å². The van der Waals surface area contributed by atoms with Crippen LogP contribution in [-0.2, 0) is 37.0 Å². The van der Waals surface area contributed by atoms with Crippen molar-refractivity contribution in [3.63, 3.8) is 0 Å². The monoisotopic (exact) mass is 736 g/mol. The first-order chi connectivity index (χ1) is 25.8. The minimum absolute atomic E-state index is 0.0226. The van der Waals surface area contributed by atoms with Crippen LogP contribution in [0.3, 0.4) is 0 Å². The van der Waals surface area contributed by atoms with E-state index in [0.29, 0.717) is 27.8 Å². The number of aromatic hydroxyl groups is 1. The molecule has 2 aliphatic heterocycles. The normalized spacial score (nSPS) is 21.5. The summed E-state index contributed by atoms with van der Waals surface area (Å²) in [7, 11) is 0. The molecule has 3 amide bonds. The Hall–Kier alpha value is -5.61. The Labute approximate surface area is 308 Å². The average Bonchev–Trinajstić information content (AvgIpc) is 3.77. The molecule has 4 aromatic carbocycles. The maximum atomic E-state index is 13.5. The number of carbonyl (C=O) groups excluding carboxylic acids is 3. The number of phenols is 1. The van der Waals surface area contributed by atoms with Gasteiger partial charge in [0.1, 0.15) is 18.4 Å². The van der Waals surface area contributed by atoms with E-state index < -0.39 is 36.3 Å². The van der Waals surface area contributed by atoms with Gasteiger partial charge in [0, 0.05) is 17.2 Å². The van der Waals surface area contributed by atoms with E-state index in [1.807, 2.05) is 61.5 Å². The first kappa shape index (κ1) is 35.8. The number of aromatic nitrogens is 4. The molecule has 5 aromatic rings. The van der Waals surface area contributed by atoms with Crippen LogP contribution in [0, 0.1) is 5.92 Å². The molecule has 14 nitrogen and oxygen atoms in total. The van der Waals surface area contributed by atoms with Gasteiger partial charge in [-0.15, -0.1) is 5.10 Å². The Morgan fingerprint density at radius 1 is 0.925 bits per heavy atom. The minimum atomic E-state index is -1.08. The second kappa shape index (κ2) is 16.0. The lowest BCUT2D eigenvalue weighted by Crippen LogP contribution is -2.42. The fraction of sp³-hybridized carbons (Fsp3) is 0.263. The number of alkyl carbamates (subject to hydrolysis) is 1. The van der Waals surface area contributed by atoms with Gasteiger partial charge >= 0.3 is 6.09 Å². The fourth-order valence-corrected chi connectivity index (χ4v) is 7.28. The van der Waals surface area contributed by atoms with Gasteiger partial charge in [0.2, 0.25) is 11.1 Å². The largest absolute Gasteiger partial charge is 0.508 e. The molecule has 1 aromatic heterocycles. The molecule has 5 atom stereocenters. The predicted octanol–water partition coefficient (Wildman–Crippen LogP) is 5.00. The van der Waals surface area contributed by atoms with Crippen LogP contribution in [0.1, 0.15) is 48.0 Å². The van der Waals surface area contributed by atoms with Gasteiger partial charge in [-0.1, -0.05) is 85.4 Å². The van der Waals surface area contributed by atoms with Gasteiger partial charge in [-0.25, -0.2) is 9.69 Å². The zero-order valence-electron chi connectivity index (χ0n) is 28.5. The van der Waals surface area contributed by atoms with Gasteiger partial charge in [-0.2, -0.15) is 4.68 Å². The van der Waals surface area contributed by atoms with Crippen LogP contribution in [-0.4, -0.2) is 66.2 Å². The zero-order chi connectivity index (χ0) is 36.9. The SMILES string of the molecule is C[C@H]1[C@@H](CSc2nnnn2-c2ccc(O)cc2)O[C@@H](c2cccc(N3C(=O)CC(NC(=O)OCc4ccccc4)C3=O)c2)O[C@H]1c1ccc(CO)cc1. The van der Waals surface area contributed by atoms with Crippen molar-refractivity contribution in [1.82, 2.24) is 25.5 Å². The minimum Gasteiger partial charge on any atom is -0.508 e. The number of phenolic OH excluding ortho intramolecular Hbond substituents is 1.